The summed E-state index contributed by atoms with van der Waals surface area (Å²) >= 11 is 0. The molecule has 0 radical (unpaired) electrons. The van der Waals surface area contributed by atoms with Crippen molar-refractivity contribution < 1.29 is 14.4 Å². The van der Waals surface area contributed by atoms with Crippen molar-refractivity contribution in [2.45, 2.75) is 6.42 Å². The van der Waals surface area contributed by atoms with Crippen molar-refractivity contribution in [3.8, 4) is 0 Å². The first-order valence-corrected chi connectivity index (χ1v) is 8.06. The maximum atomic E-state index is 12.5. The second-order valence-corrected chi connectivity index (χ2v) is 6.95. The molecule has 0 aromatic rings. The smallest absolute Gasteiger partial charge is 0.242 e. The molecule has 0 aromatic heterocycles. The summed E-state index contributed by atoms with van der Waals surface area (Å²) in [6.45, 7) is 2.95. The third-order valence-corrected chi connectivity index (χ3v) is 5.71. The molecule has 3 amide bonds. The van der Waals surface area contributed by atoms with Crippen LogP contribution in [0.1, 0.15) is 6.42 Å². The van der Waals surface area contributed by atoms with Crippen molar-refractivity contribution in [1.29, 1.82) is 0 Å². The largest absolute Gasteiger partial charge is 0.339 e. The number of hydrogen-bond acceptors (Lipinski definition) is 4. The summed E-state index contributed by atoms with van der Waals surface area (Å²) in [5, 5.41) is 0. The number of piperazine rings is 1. The topological polar surface area (TPSA) is 60.9 Å². The molecular weight excluding hydrogens is 282 g/mol. The van der Waals surface area contributed by atoms with Gasteiger partial charge in [0, 0.05) is 26.2 Å². The average molecular weight is 303 g/mol. The van der Waals surface area contributed by atoms with Gasteiger partial charge in [-0.1, -0.05) is 12.2 Å². The molecule has 4 unspecified atom stereocenters. The zero-order chi connectivity index (χ0) is 15.4. The fourth-order valence-electron chi connectivity index (χ4n) is 4.41. The Hall–Kier alpha value is -1.69. The number of hydrogen-bond donors (Lipinski definition) is 0. The van der Waals surface area contributed by atoms with E-state index in [1.54, 1.807) is 4.90 Å². The van der Waals surface area contributed by atoms with E-state index >= 15 is 0 Å². The number of fused-ring (bicyclic) bond motifs is 5. The molecule has 0 aromatic carbocycles. The number of allylic oxidation sites excluding steroid dienone is 2. The summed E-state index contributed by atoms with van der Waals surface area (Å²) in [4.78, 5) is 42.7. The van der Waals surface area contributed by atoms with Crippen LogP contribution in [0.2, 0.25) is 0 Å². The van der Waals surface area contributed by atoms with Gasteiger partial charge in [0.25, 0.3) is 0 Å². The number of nitrogens with zero attached hydrogens (tertiary/aromatic N) is 3. The van der Waals surface area contributed by atoms with Crippen LogP contribution < -0.4 is 0 Å². The van der Waals surface area contributed by atoms with Crippen molar-refractivity contribution in [3.63, 3.8) is 0 Å². The van der Waals surface area contributed by atoms with Crippen LogP contribution in [0, 0.1) is 23.7 Å². The Kier molecular flexibility index (Phi) is 3.11. The first-order valence-electron chi connectivity index (χ1n) is 8.06. The molecule has 2 aliphatic heterocycles. The van der Waals surface area contributed by atoms with Gasteiger partial charge in [0.05, 0.1) is 11.8 Å². The molecule has 6 nitrogen and oxygen atoms in total. The van der Waals surface area contributed by atoms with Gasteiger partial charge >= 0.3 is 0 Å². The number of carbonyl (C=O) groups excluding carboxylic acids is 3. The maximum Gasteiger partial charge on any atom is 0.242 e. The Morgan fingerprint density at radius 2 is 1.59 bits per heavy atom. The summed E-state index contributed by atoms with van der Waals surface area (Å²) in [7, 11) is 2.03. The Labute approximate surface area is 129 Å². The fourth-order valence-corrected chi connectivity index (χ4v) is 4.41. The monoisotopic (exact) mass is 303 g/mol. The van der Waals surface area contributed by atoms with Crippen LogP contribution in [0.25, 0.3) is 0 Å². The molecule has 0 N–H and O–H groups in total. The summed E-state index contributed by atoms with van der Waals surface area (Å²) in [6, 6.07) is 0. The molecule has 3 fully saturated rings. The van der Waals surface area contributed by atoms with Gasteiger partial charge in [-0.3, -0.25) is 19.3 Å². The summed E-state index contributed by atoms with van der Waals surface area (Å²) < 4.78 is 0. The molecule has 2 heterocycles. The molecular formula is C16H21N3O3. The zero-order valence-corrected chi connectivity index (χ0v) is 12.8. The van der Waals surface area contributed by atoms with Crippen LogP contribution in [0.4, 0.5) is 0 Å². The molecule has 4 aliphatic rings. The van der Waals surface area contributed by atoms with Gasteiger partial charge in [0.15, 0.2) is 0 Å². The minimum absolute atomic E-state index is 0.0756. The maximum absolute atomic E-state index is 12.5. The van der Waals surface area contributed by atoms with E-state index in [0.29, 0.717) is 13.1 Å². The van der Waals surface area contributed by atoms with Crippen molar-refractivity contribution in [2.24, 2.45) is 23.7 Å². The van der Waals surface area contributed by atoms with Crippen LogP contribution in [0.15, 0.2) is 12.2 Å². The minimum atomic E-state index is -0.206. The van der Waals surface area contributed by atoms with Gasteiger partial charge in [-0.05, 0) is 25.3 Å². The molecule has 0 spiro atoms. The molecule has 4 rings (SSSR count). The lowest BCUT2D eigenvalue weighted by molar-refractivity contribution is -0.147. The standard InChI is InChI=1S/C16H21N3O3/c1-17-4-6-18(7-5-17)12(20)9-19-15(21)13-10-2-3-11(8-10)14(13)16(19)22/h2-3,10-11,13-14H,4-9H2,1H3. The minimum Gasteiger partial charge on any atom is -0.339 e. The van der Waals surface area contributed by atoms with E-state index < -0.39 is 0 Å². The summed E-state index contributed by atoms with van der Waals surface area (Å²) in [6.07, 6.45) is 5.07. The average Bonchev–Trinajstić information content (AvgIpc) is 3.17. The third-order valence-electron chi connectivity index (χ3n) is 5.71. The molecule has 2 aliphatic carbocycles. The first-order chi connectivity index (χ1) is 10.6. The van der Waals surface area contributed by atoms with Gasteiger partial charge in [-0.2, -0.15) is 0 Å². The van der Waals surface area contributed by atoms with E-state index in [1.165, 1.54) is 4.90 Å². The lowest BCUT2D eigenvalue weighted by Crippen LogP contribution is -2.51. The number of carbonyl (C=O) groups is 3. The highest BCUT2D eigenvalue weighted by molar-refractivity contribution is 6.08. The lowest BCUT2D eigenvalue weighted by atomic mass is 9.85. The molecule has 2 saturated heterocycles. The highest BCUT2D eigenvalue weighted by Gasteiger charge is 2.59. The number of likely N-dealkylation sites (N-methyl/N-ethyl adjacent to an activating group) is 1. The molecule has 2 bridgehead atoms. The Morgan fingerprint density at radius 1 is 1.05 bits per heavy atom. The van der Waals surface area contributed by atoms with Crippen LogP contribution in [0.3, 0.4) is 0 Å². The van der Waals surface area contributed by atoms with Crippen LogP contribution in [0.5, 0.6) is 0 Å². The van der Waals surface area contributed by atoms with Gasteiger partial charge in [-0.25, -0.2) is 0 Å². The molecule has 4 atom stereocenters. The van der Waals surface area contributed by atoms with Crippen molar-refractivity contribution in [3.05, 3.63) is 12.2 Å². The third kappa shape index (κ3) is 1.93. The van der Waals surface area contributed by atoms with E-state index in [-0.39, 0.29) is 47.9 Å². The molecule has 6 heteroatoms. The number of amides is 3. The number of imide groups is 1. The predicted molar refractivity (Wildman–Crippen MR) is 78.5 cm³/mol. The highest BCUT2D eigenvalue weighted by atomic mass is 16.2. The van der Waals surface area contributed by atoms with E-state index in [9.17, 15) is 14.4 Å². The van der Waals surface area contributed by atoms with Crippen LogP contribution in [-0.4, -0.2) is 72.2 Å². The highest BCUT2D eigenvalue weighted by Crippen LogP contribution is 2.52. The molecule has 118 valence electrons. The predicted octanol–water partition coefficient (Wildman–Crippen LogP) is -0.432. The van der Waals surface area contributed by atoms with Gasteiger partial charge in [0.2, 0.25) is 17.7 Å². The second kappa shape index (κ2) is 4.91. The lowest BCUT2D eigenvalue weighted by Gasteiger charge is -2.33. The Balaban J connectivity index is 1.45. The fraction of sp³-hybridized carbons (Fsp3) is 0.688. The quantitative estimate of drug-likeness (QED) is 0.513. The second-order valence-electron chi connectivity index (χ2n) is 6.95. The molecule has 22 heavy (non-hydrogen) atoms. The van der Waals surface area contributed by atoms with E-state index in [2.05, 4.69) is 17.1 Å². The molecule has 1 saturated carbocycles. The van der Waals surface area contributed by atoms with Crippen LogP contribution >= 0.6 is 0 Å². The Morgan fingerprint density at radius 3 is 2.14 bits per heavy atom. The first kappa shape index (κ1) is 13.9. The van der Waals surface area contributed by atoms with E-state index in [0.717, 1.165) is 19.5 Å². The van der Waals surface area contributed by atoms with Gasteiger partial charge in [0.1, 0.15) is 6.54 Å². The summed E-state index contributed by atoms with van der Waals surface area (Å²) in [5.41, 5.74) is 0. The van der Waals surface area contributed by atoms with Crippen molar-refractivity contribution in [2.75, 3.05) is 39.8 Å². The van der Waals surface area contributed by atoms with Crippen LogP contribution in [-0.2, 0) is 14.4 Å². The summed E-state index contributed by atoms with van der Waals surface area (Å²) in [5.74, 6) is -0.366. The normalized spacial score (nSPS) is 37.3. The number of rotatable bonds is 2. The van der Waals surface area contributed by atoms with E-state index in [1.807, 2.05) is 7.05 Å². The van der Waals surface area contributed by atoms with Gasteiger partial charge in [-0.15, -0.1) is 0 Å². The zero-order valence-electron chi connectivity index (χ0n) is 12.8. The van der Waals surface area contributed by atoms with E-state index in [4.69, 9.17) is 0 Å². The number of likely N-dealkylation sites (tertiary alicyclic amines) is 1. The van der Waals surface area contributed by atoms with Gasteiger partial charge < -0.3 is 9.80 Å². The Bertz CT molecular complexity index is 535. The van der Waals surface area contributed by atoms with Crippen molar-refractivity contribution in [1.82, 2.24) is 14.7 Å². The SMILES string of the molecule is CN1CCN(C(=O)CN2C(=O)C3C4C=CC(C4)C3C2=O)CC1. The van der Waals surface area contributed by atoms with Crippen molar-refractivity contribution >= 4 is 17.7 Å².